The zero-order valence-corrected chi connectivity index (χ0v) is 31.2. The van der Waals surface area contributed by atoms with E-state index in [0.29, 0.717) is 38.3 Å². The summed E-state index contributed by atoms with van der Waals surface area (Å²) in [5, 5.41) is 10.7. The fraction of sp³-hybridized carbons (Fsp3) is 0.564. The first-order valence-corrected chi connectivity index (χ1v) is 18.3. The molecule has 0 unspecified atom stereocenters. The fourth-order valence-corrected chi connectivity index (χ4v) is 5.94. The van der Waals surface area contributed by atoms with Gasteiger partial charge in [-0.2, -0.15) is 0 Å². The number of hydrogen-bond acceptors (Lipinski definition) is 8. The third kappa shape index (κ3) is 17.0. The lowest BCUT2D eigenvalue weighted by Gasteiger charge is -2.21. The summed E-state index contributed by atoms with van der Waals surface area (Å²) in [6, 6.07) is 13.2. The molecule has 13 heteroatoms. The van der Waals surface area contributed by atoms with E-state index in [1.54, 1.807) is 0 Å². The molecule has 4 atom stereocenters. The molecule has 2 rings (SSSR count). The molecular weight excluding hydrogens is 662 g/mol. The average molecular weight is 722 g/mol. The highest BCUT2D eigenvalue weighted by Crippen LogP contribution is 2.22. The molecule has 52 heavy (non-hydrogen) atoms. The second-order valence-electron chi connectivity index (χ2n) is 14.1. The lowest BCUT2D eigenvalue weighted by Crippen LogP contribution is -2.47. The second-order valence-corrected chi connectivity index (χ2v) is 14.1. The summed E-state index contributed by atoms with van der Waals surface area (Å²) in [6.45, 7) is 8.08. The number of amides is 3. The van der Waals surface area contributed by atoms with Gasteiger partial charge in [-0.05, 0) is 74.8 Å². The molecule has 0 bridgehead atoms. The van der Waals surface area contributed by atoms with Crippen molar-refractivity contribution in [2.75, 3.05) is 19.6 Å². The third-order valence-electron chi connectivity index (χ3n) is 9.04. The predicted molar refractivity (Wildman–Crippen MR) is 204 cm³/mol. The summed E-state index contributed by atoms with van der Waals surface area (Å²) in [7, 11) is 0. The van der Waals surface area contributed by atoms with E-state index in [0.717, 1.165) is 29.3 Å². The van der Waals surface area contributed by atoms with Crippen molar-refractivity contribution in [1.82, 2.24) is 16.0 Å². The first-order chi connectivity index (χ1) is 24.7. The molecule has 0 aromatic heterocycles. The Kier molecular flexibility index (Phi) is 19.3. The SMILES string of the molecule is CC(=O)CC[C@@H](CC(=O)CNC(=O)[C@@H](CC(=O)[C@H](C)CCCN=C(N)N)Cc1ccc2ccccc2c1)C(=O)N[C@@H](CCCCNC(C)C)C(N)=O. The van der Waals surface area contributed by atoms with Gasteiger partial charge < -0.3 is 37.9 Å². The number of fused-ring (bicyclic) bond motifs is 1. The number of primary amides is 1. The number of nitrogens with zero attached hydrogens (tertiary/aromatic N) is 1. The highest BCUT2D eigenvalue weighted by atomic mass is 16.2. The molecule has 0 fully saturated rings. The minimum absolute atomic E-state index is 0.0119. The van der Waals surface area contributed by atoms with E-state index in [4.69, 9.17) is 17.2 Å². The fourth-order valence-electron chi connectivity index (χ4n) is 5.94. The molecule has 13 nitrogen and oxygen atoms in total. The number of nitrogens with two attached hydrogens (primary N) is 3. The third-order valence-corrected chi connectivity index (χ3v) is 9.04. The van der Waals surface area contributed by atoms with Crippen molar-refractivity contribution < 1.29 is 28.8 Å². The van der Waals surface area contributed by atoms with Crippen LogP contribution in [0.25, 0.3) is 10.8 Å². The largest absolute Gasteiger partial charge is 0.370 e. The van der Waals surface area contributed by atoms with Crippen LogP contribution in [0.1, 0.15) is 91.0 Å². The minimum Gasteiger partial charge on any atom is -0.370 e. The molecule has 3 amide bonds. The maximum absolute atomic E-state index is 13.6. The molecule has 0 radical (unpaired) electrons. The van der Waals surface area contributed by atoms with Gasteiger partial charge in [0.2, 0.25) is 17.7 Å². The van der Waals surface area contributed by atoms with Gasteiger partial charge in [0.15, 0.2) is 11.7 Å². The Morgan fingerprint density at radius 3 is 2.15 bits per heavy atom. The normalized spacial score (nSPS) is 13.5. The molecule has 0 aliphatic carbocycles. The number of Topliss-reactive ketones (excluding diaryl/α,β-unsaturated/α-hetero) is 3. The molecule has 0 heterocycles. The van der Waals surface area contributed by atoms with E-state index in [2.05, 4.69) is 20.9 Å². The molecule has 0 aliphatic heterocycles. The zero-order valence-electron chi connectivity index (χ0n) is 31.2. The minimum atomic E-state index is -0.913. The Hall–Kier alpha value is -4.65. The highest BCUT2D eigenvalue weighted by molar-refractivity contribution is 5.94. The van der Waals surface area contributed by atoms with Crippen molar-refractivity contribution in [3.8, 4) is 0 Å². The van der Waals surface area contributed by atoms with E-state index in [-0.39, 0.29) is 62.1 Å². The van der Waals surface area contributed by atoms with Crippen molar-refractivity contribution >= 4 is 51.8 Å². The van der Waals surface area contributed by atoms with Gasteiger partial charge >= 0.3 is 0 Å². The maximum Gasteiger partial charge on any atom is 0.239 e. The number of guanidine groups is 1. The van der Waals surface area contributed by atoms with Crippen molar-refractivity contribution in [2.24, 2.45) is 39.9 Å². The predicted octanol–water partition coefficient (Wildman–Crippen LogP) is 2.85. The number of ketones is 3. The molecule has 0 aliphatic rings. The first-order valence-electron chi connectivity index (χ1n) is 18.3. The Bertz CT molecular complexity index is 1540. The van der Waals surface area contributed by atoms with Gasteiger partial charge in [-0.1, -0.05) is 63.2 Å². The number of benzene rings is 2. The Labute approximate surface area is 307 Å². The summed E-state index contributed by atoms with van der Waals surface area (Å²) in [5.41, 5.74) is 17.2. The maximum atomic E-state index is 13.6. The van der Waals surface area contributed by atoms with Crippen LogP contribution in [0.5, 0.6) is 0 Å². The van der Waals surface area contributed by atoms with Crippen LogP contribution >= 0.6 is 0 Å². The number of rotatable bonds is 26. The molecule has 2 aromatic rings. The van der Waals surface area contributed by atoms with E-state index in [9.17, 15) is 28.8 Å². The molecule has 0 saturated heterocycles. The van der Waals surface area contributed by atoms with Crippen molar-refractivity contribution in [1.29, 1.82) is 0 Å². The van der Waals surface area contributed by atoms with Crippen molar-refractivity contribution in [3.63, 3.8) is 0 Å². The smallest absolute Gasteiger partial charge is 0.239 e. The van der Waals surface area contributed by atoms with Gasteiger partial charge in [-0.25, -0.2) is 0 Å². The number of hydrogen-bond donors (Lipinski definition) is 6. The van der Waals surface area contributed by atoms with Crippen LogP contribution in [-0.2, 0) is 35.2 Å². The van der Waals surface area contributed by atoms with Gasteiger partial charge in [0.05, 0.1) is 6.54 Å². The van der Waals surface area contributed by atoms with Gasteiger partial charge in [-0.15, -0.1) is 0 Å². The zero-order chi connectivity index (χ0) is 38.6. The lowest BCUT2D eigenvalue weighted by atomic mass is 9.87. The van der Waals surface area contributed by atoms with Crippen LogP contribution in [0.2, 0.25) is 0 Å². The van der Waals surface area contributed by atoms with E-state index in [1.165, 1.54) is 6.92 Å². The highest BCUT2D eigenvalue weighted by Gasteiger charge is 2.28. The van der Waals surface area contributed by atoms with Crippen LogP contribution in [0.15, 0.2) is 47.5 Å². The number of carbonyl (C=O) groups excluding carboxylic acids is 6. The molecular formula is C39H59N7O6. The molecule has 286 valence electrons. The monoisotopic (exact) mass is 721 g/mol. The van der Waals surface area contributed by atoms with Crippen LogP contribution < -0.4 is 33.2 Å². The van der Waals surface area contributed by atoms with Crippen LogP contribution in [0, 0.1) is 17.8 Å². The van der Waals surface area contributed by atoms with Gasteiger partial charge in [0.1, 0.15) is 17.6 Å². The summed E-state index contributed by atoms with van der Waals surface area (Å²) in [5.74, 6) is -4.30. The molecule has 2 aromatic carbocycles. The number of carbonyl (C=O) groups is 6. The van der Waals surface area contributed by atoms with E-state index < -0.39 is 41.4 Å². The summed E-state index contributed by atoms with van der Waals surface area (Å²) in [4.78, 5) is 81.3. The first kappa shape index (κ1) is 43.5. The quantitative estimate of drug-likeness (QED) is 0.0476. The summed E-state index contributed by atoms with van der Waals surface area (Å²) < 4.78 is 0. The molecule has 0 saturated carbocycles. The van der Waals surface area contributed by atoms with Crippen LogP contribution in [-0.4, -0.2) is 72.7 Å². The van der Waals surface area contributed by atoms with Crippen LogP contribution in [0.4, 0.5) is 0 Å². The Balaban J connectivity index is 2.11. The number of unbranched alkanes of at least 4 members (excludes halogenated alkanes) is 1. The van der Waals surface area contributed by atoms with Gasteiger partial charge in [0, 0.05) is 49.6 Å². The van der Waals surface area contributed by atoms with E-state index >= 15 is 0 Å². The molecule has 0 spiro atoms. The lowest BCUT2D eigenvalue weighted by molar-refractivity contribution is -0.134. The topological polar surface area (TPSA) is 229 Å². The van der Waals surface area contributed by atoms with Crippen molar-refractivity contribution in [3.05, 3.63) is 48.0 Å². The average Bonchev–Trinajstić information content (AvgIpc) is 3.09. The van der Waals surface area contributed by atoms with Crippen molar-refractivity contribution in [2.45, 2.75) is 104 Å². The Morgan fingerprint density at radius 1 is 0.788 bits per heavy atom. The summed E-state index contributed by atoms with van der Waals surface area (Å²) >= 11 is 0. The second kappa shape index (κ2) is 23.0. The number of nitrogens with one attached hydrogen (secondary N) is 3. The van der Waals surface area contributed by atoms with Gasteiger partial charge in [-0.3, -0.25) is 29.0 Å². The van der Waals surface area contributed by atoms with Gasteiger partial charge in [0.25, 0.3) is 0 Å². The van der Waals surface area contributed by atoms with E-state index in [1.807, 2.05) is 63.2 Å². The molecule has 9 N–H and O–H groups in total. The number of aliphatic imine (C=N–C) groups is 1. The standard InChI is InChI=1S/C39H59N7O6/c1-25(2)43-18-8-7-13-34(36(40)50)46-38(52)31(16-14-27(4)47)22-33(48)24-45-37(51)32(23-35(49)26(3)10-9-19-44-39(41)42)21-28-15-17-29-11-5-6-12-30(29)20-28/h5-6,11-12,15,17,20,25-26,31-32,34,43H,7-10,13-14,16,18-19,21-24H2,1-4H3,(H2,40,50)(H,45,51)(H,46,52)(H4,41,42,44)/t26-,31+,32-,34+/m1/s1. The van der Waals surface area contributed by atoms with Crippen LogP contribution in [0.3, 0.4) is 0 Å². The summed E-state index contributed by atoms with van der Waals surface area (Å²) in [6.07, 6.45) is 3.12. The Morgan fingerprint density at radius 2 is 1.50 bits per heavy atom.